The third-order valence-corrected chi connectivity index (χ3v) is 2.59. The first-order chi connectivity index (χ1) is 5.74. The van der Waals surface area contributed by atoms with Crippen LogP contribution in [0.2, 0.25) is 0 Å². The number of hydrogen-bond donors (Lipinski definition) is 0. The summed E-state index contributed by atoms with van der Waals surface area (Å²) in [5.74, 6) is 0. The molecule has 0 saturated carbocycles. The van der Waals surface area contributed by atoms with E-state index in [1.165, 1.54) is 5.56 Å². The Morgan fingerprint density at radius 2 is 2.50 bits per heavy atom. The first-order valence-corrected chi connectivity index (χ1v) is 4.79. The van der Waals surface area contributed by atoms with Crippen LogP contribution < -0.4 is 0 Å². The lowest BCUT2D eigenvalue weighted by Crippen LogP contribution is -2.26. The molecule has 0 saturated heterocycles. The van der Waals surface area contributed by atoms with Crippen LogP contribution in [0.25, 0.3) is 0 Å². The van der Waals surface area contributed by atoms with Gasteiger partial charge in [-0.3, -0.25) is 4.90 Å². The molecule has 1 rings (SSSR count). The summed E-state index contributed by atoms with van der Waals surface area (Å²) in [6.45, 7) is 2.77. The van der Waals surface area contributed by atoms with Gasteiger partial charge in [0.2, 0.25) is 0 Å². The zero-order valence-electron chi connectivity index (χ0n) is 7.32. The Morgan fingerprint density at radius 1 is 1.75 bits per heavy atom. The molecule has 0 bridgehead atoms. The first-order valence-electron chi connectivity index (χ1n) is 3.85. The maximum atomic E-state index is 8.64. The van der Waals surface area contributed by atoms with E-state index in [1.54, 1.807) is 11.3 Å². The van der Waals surface area contributed by atoms with Crippen molar-refractivity contribution in [2.24, 2.45) is 0 Å². The molecule has 0 radical (unpaired) electrons. The molecule has 2 nitrogen and oxygen atoms in total. The Balaban J connectivity index is 2.48. The summed E-state index contributed by atoms with van der Waals surface area (Å²) < 4.78 is 0. The maximum Gasteiger partial charge on any atom is 0.0949 e. The summed E-state index contributed by atoms with van der Waals surface area (Å²) in [5.41, 5.74) is 1.28. The molecule has 12 heavy (non-hydrogen) atoms. The Kier molecular flexibility index (Phi) is 3.27. The molecule has 0 N–H and O–H groups in total. The molecule has 1 aromatic rings. The van der Waals surface area contributed by atoms with E-state index in [-0.39, 0.29) is 6.04 Å². The minimum Gasteiger partial charge on any atom is -0.287 e. The topological polar surface area (TPSA) is 27.0 Å². The monoisotopic (exact) mass is 180 g/mol. The zero-order chi connectivity index (χ0) is 8.97. The van der Waals surface area contributed by atoms with Gasteiger partial charge in [-0.05, 0) is 36.4 Å². The molecule has 3 heteroatoms. The SMILES string of the molecule is CC(C#N)N(C)Cc1ccsc1. The standard InChI is InChI=1S/C9H12N2S/c1-8(5-10)11(2)6-9-3-4-12-7-9/h3-4,7-8H,6H2,1-2H3. The number of nitrogens with zero attached hydrogens (tertiary/aromatic N) is 2. The second kappa shape index (κ2) is 4.24. The largest absolute Gasteiger partial charge is 0.287 e. The minimum absolute atomic E-state index is 0.00935. The van der Waals surface area contributed by atoms with Crippen LogP contribution in [0.5, 0.6) is 0 Å². The van der Waals surface area contributed by atoms with E-state index in [9.17, 15) is 0 Å². The molecule has 1 aromatic heterocycles. The highest BCUT2D eigenvalue weighted by Gasteiger charge is 2.07. The van der Waals surface area contributed by atoms with Crippen LogP contribution in [-0.4, -0.2) is 18.0 Å². The van der Waals surface area contributed by atoms with Crippen LogP contribution in [0.4, 0.5) is 0 Å². The summed E-state index contributed by atoms with van der Waals surface area (Å²) in [4.78, 5) is 2.03. The summed E-state index contributed by atoms with van der Waals surface area (Å²) in [6.07, 6.45) is 0. The highest BCUT2D eigenvalue weighted by atomic mass is 32.1. The molecule has 64 valence electrons. The van der Waals surface area contributed by atoms with Crippen molar-refractivity contribution >= 4 is 11.3 Å². The molecule has 0 aliphatic carbocycles. The molecular weight excluding hydrogens is 168 g/mol. The van der Waals surface area contributed by atoms with Crippen molar-refractivity contribution in [2.75, 3.05) is 7.05 Å². The van der Waals surface area contributed by atoms with Gasteiger partial charge < -0.3 is 0 Å². The second-order valence-corrected chi connectivity index (χ2v) is 3.63. The average Bonchev–Trinajstić information content (AvgIpc) is 2.55. The van der Waals surface area contributed by atoms with Gasteiger partial charge in [-0.15, -0.1) is 0 Å². The lowest BCUT2D eigenvalue weighted by Gasteiger charge is -2.17. The van der Waals surface area contributed by atoms with Gasteiger partial charge in [0, 0.05) is 6.54 Å². The van der Waals surface area contributed by atoms with Crippen LogP contribution >= 0.6 is 11.3 Å². The van der Waals surface area contributed by atoms with E-state index < -0.39 is 0 Å². The molecule has 0 spiro atoms. The zero-order valence-corrected chi connectivity index (χ0v) is 8.14. The summed E-state index contributed by atoms with van der Waals surface area (Å²) >= 11 is 1.69. The average molecular weight is 180 g/mol. The number of hydrogen-bond acceptors (Lipinski definition) is 3. The van der Waals surface area contributed by atoms with E-state index in [1.807, 2.05) is 18.9 Å². The van der Waals surface area contributed by atoms with Gasteiger partial charge in [0.05, 0.1) is 12.1 Å². The third kappa shape index (κ3) is 2.33. The normalized spacial score (nSPS) is 12.8. The van der Waals surface area contributed by atoms with Crippen LogP contribution in [0, 0.1) is 11.3 Å². The molecule has 0 amide bonds. The Hall–Kier alpha value is -0.850. The lowest BCUT2D eigenvalue weighted by atomic mass is 10.2. The van der Waals surface area contributed by atoms with E-state index in [4.69, 9.17) is 5.26 Å². The van der Waals surface area contributed by atoms with E-state index >= 15 is 0 Å². The van der Waals surface area contributed by atoms with Gasteiger partial charge in [0.1, 0.15) is 0 Å². The minimum atomic E-state index is -0.00935. The molecule has 1 atom stereocenters. The molecule has 0 fully saturated rings. The van der Waals surface area contributed by atoms with Crippen molar-refractivity contribution in [1.82, 2.24) is 4.90 Å². The van der Waals surface area contributed by atoms with Gasteiger partial charge >= 0.3 is 0 Å². The summed E-state index contributed by atoms with van der Waals surface area (Å²) in [5, 5.41) is 12.8. The Morgan fingerprint density at radius 3 is 3.00 bits per heavy atom. The number of rotatable bonds is 3. The highest BCUT2D eigenvalue weighted by Crippen LogP contribution is 2.09. The molecule has 0 aliphatic heterocycles. The van der Waals surface area contributed by atoms with Crippen molar-refractivity contribution in [3.8, 4) is 6.07 Å². The van der Waals surface area contributed by atoms with Crippen molar-refractivity contribution in [1.29, 1.82) is 5.26 Å². The van der Waals surface area contributed by atoms with Crippen LogP contribution in [0.1, 0.15) is 12.5 Å². The fourth-order valence-electron chi connectivity index (χ4n) is 0.906. The smallest absolute Gasteiger partial charge is 0.0949 e. The Labute approximate surface area is 77.0 Å². The highest BCUT2D eigenvalue weighted by molar-refractivity contribution is 7.07. The molecule has 1 unspecified atom stereocenters. The number of nitriles is 1. The first kappa shape index (κ1) is 9.24. The van der Waals surface area contributed by atoms with Crippen molar-refractivity contribution < 1.29 is 0 Å². The van der Waals surface area contributed by atoms with Gasteiger partial charge in [-0.2, -0.15) is 16.6 Å². The molecule has 0 aliphatic rings. The Bertz CT molecular complexity index is 261. The van der Waals surface area contributed by atoms with Crippen LogP contribution in [0.15, 0.2) is 16.8 Å². The predicted molar refractivity (Wildman–Crippen MR) is 50.9 cm³/mol. The third-order valence-electron chi connectivity index (χ3n) is 1.86. The molecular formula is C9H12N2S. The van der Waals surface area contributed by atoms with Crippen molar-refractivity contribution in [3.63, 3.8) is 0 Å². The van der Waals surface area contributed by atoms with E-state index in [0.29, 0.717) is 0 Å². The summed E-state index contributed by atoms with van der Waals surface area (Å²) in [7, 11) is 1.96. The van der Waals surface area contributed by atoms with Gasteiger partial charge in [0.25, 0.3) is 0 Å². The fourth-order valence-corrected chi connectivity index (χ4v) is 1.57. The van der Waals surface area contributed by atoms with Crippen LogP contribution in [-0.2, 0) is 6.54 Å². The quantitative estimate of drug-likeness (QED) is 0.712. The van der Waals surface area contributed by atoms with E-state index in [2.05, 4.69) is 22.9 Å². The van der Waals surface area contributed by atoms with Crippen molar-refractivity contribution in [2.45, 2.75) is 19.5 Å². The number of thiophene rings is 1. The van der Waals surface area contributed by atoms with E-state index in [0.717, 1.165) is 6.54 Å². The summed E-state index contributed by atoms with van der Waals surface area (Å²) in [6, 6.07) is 4.29. The van der Waals surface area contributed by atoms with Gasteiger partial charge in [0.15, 0.2) is 0 Å². The maximum absolute atomic E-state index is 8.64. The lowest BCUT2D eigenvalue weighted by molar-refractivity contribution is 0.295. The van der Waals surface area contributed by atoms with Crippen LogP contribution in [0.3, 0.4) is 0 Å². The molecule has 1 heterocycles. The fraction of sp³-hybridized carbons (Fsp3) is 0.444. The second-order valence-electron chi connectivity index (χ2n) is 2.85. The predicted octanol–water partition coefficient (Wildman–Crippen LogP) is 2.09. The van der Waals surface area contributed by atoms with Crippen molar-refractivity contribution in [3.05, 3.63) is 22.4 Å². The molecule has 0 aromatic carbocycles. The van der Waals surface area contributed by atoms with Gasteiger partial charge in [-0.1, -0.05) is 0 Å². The van der Waals surface area contributed by atoms with Gasteiger partial charge in [-0.25, -0.2) is 0 Å².